The molecule has 1 aliphatic heterocycles. The first-order valence-electron chi connectivity index (χ1n) is 7.70. The van der Waals surface area contributed by atoms with Crippen molar-refractivity contribution in [1.82, 2.24) is 9.80 Å². The number of rotatable bonds is 3. The van der Waals surface area contributed by atoms with Crippen LogP contribution in [0.5, 0.6) is 0 Å². The highest BCUT2D eigenvalue weighted by molar-refractivity contribution is 7.98. The van der Waals surface area contributed by atoms with Gasteiger partial charge >= 0.3 is 6.09 Å². The largest absolute Gasteiger partial charge is 0.444 e. The van der Waals surface area contributed by atoms with E-state index in [1.807, 2.05) is 20.8 Å². The van der Waals surface area contributed by atoms with Crippen LogP contribution in [0.4, 0.5) is 4.79 Å². The second kappa shape index (κ2) is 7.38. The standard InChI is InChI=1S/C17H26N2O2S/c1-17(2,3)21-16(20)19-11-9-18(10-12-19)13-14-5-7-15(22-4)8-6-14/h5-8H,9-13H2,1-4H3. The zero-order valence-electron chi connectivity index (χ0n) is 14.0. The van der Waals surface area contributed by atoms with Crippen LogP contribution in [0.3, 0.4) is 0 Å². The van der Waals surface area contributed by atoms with Gasteiger partial charge in [-0.05, 0) is 44.7 Å². The molecule has 122 valence electrons. The molecular weight excluding hydrogens is 296 g/mol. The Bertz CT molecular complexity index is 488. The summed E-state index contributed by atoms with van der Waals surface area (Å²) in [6.45, 7) is 9.90. The van der Waals surface area contributed by atoms with Crippen LogP contribution in [0.1, 0.15) is 26.3 Å². The number of amides is 1. The minimum atomic E-state index is -0.423. The van der Waals surface area contributed by atoms with Crippen molar-refractivity contribution in [2.75, 3.05) is 32.4 Å². The molecule has 0 saturated carbocycles. The van der Waals surface area contributed by atoms with Crippen molar-refractivity contribution in [2.45, 2.75) is 37.8 Å². The molecule has 1 fully saturated rings. The first-order chi connectivity index (χ1) is 10.4. The molecule has 0 spiro atoms. The van der Waals surface area contributed by atoms with E-state index in [2.05, 4.69) is 35.4 Å². The van der Waals surface area contributed by atoms with E-state index in [1.165, 1.54) is 10.5 Å². The summed E-state index contributed by atoms with van der Waals surface area (Å²) < 4.78 is 5.42. The lowest BCUT2D eigenvalue weighted by atomic mass is 10.2. The SMILES string of the molecule is CSc1ccc(CN2CCN(C(=O)OC(C)(C)C)CC2)cc1. The Morgan fingerprint density at radius 3 is 2.23 bits per heavy atom. The minimum Gasteiger partial charge on any atom is -0.444 e. The molecule has 0 aromatic heterocycles. The van der Waals surface area contributed by atoms with Gasteiger partial charge in [-0.1, -0.05) is 12.1 Å². The highest BCUT2D eigenvalue weighted by Gasteiger charge is 2.25. The maximum Gasteiger partial charge on any atom is 0.410 e. The van der Waals surface area contributed by atoms with Crippen molar-refractivity contribution in [3.8, 4) is 0 Å². The Kier molecular flexibility index (Phi) is 5.75. The van der Waals surface area contributed by atoms with Gasteiger partial charge in [0.2, 0.25) is 0 Å². The zero-order chi connectivity index (χ0) is 16.2. The molecule has 1 aliphatic rings. The van der Waals surface area contributed by atoms with Gasteiger partial charge in [0.1, 0.15) is 5.60 Å². The average molecular weight is 322 g/mol. The van der Waals surface area contributed by atoms with Crippen LogP contribution in [0.25, 0.3) is 0 Å². The van der Waals surface area contributed by atoms with E-state index < -0.39 is 5.60 Å². The summed E-state index contributed by atoms with van der Waals surface area (Å²) in [7, 11) is 0. The van der Waals surface area contributed by atoms with Gasteiger partial charge in [-0.25, -0.2) is 4.79 Å². The molecule has 4 nitrogen and oxygen atoms in total. The number of ether oxygens (including phenoxy) is 1. The summed E-state index contributed by atoms with van der Waals surface area (Å²) in [4.78, 5) is 17.5. The normalized spacial score (nSPS) is 16.6. The lowest BCUT2D eigenvalue weighted by Crippen LogP contribution is -2.49. The van der Waals surface area contributed by atoms with Crippen molar-refractivity contribution in [1.29, 1.82) is 0 Å². The third-order valence-electron chi connectivity index (χ3n) is 3.59. The van der Waals surface area contributed by atoms with Crippen molar-refractivity contribution in [3.63, 3.8) is 0 Å². The number of thioether (sulfide) groups is 1. The van der Waals surface area contributed by atoms with Crippen molar-refractivity contribution in [3.05, 3.63) is 29.8 Å². The molecule has 0 radical (unpaired) electrons. The fourth-order valence-corrected chi connectivity index (χ4v) is 2.81. The Hall–Kier alpha value is -1.20. The number of hydrogen-bond acceptors (Lipinski definition) is 4. The van der Waals surface area contributed by atoms with E-state index in [0.717, 1.165) is 32.7 Å². The van der Waals surface area contributed by atoms with E-state index in [0.29, 0.717) is 0 Å². The molecule has 0 aliphatic carbocycles. The predicted molar refractivity (Wildman–Crippen MR) is 91.3 cm³/mol. The molecule has 1 amide bonds. The number of piperazine rings is 1. The van der Waals surface area contributed by atoms with E-state index >= 15 is 0 Å². The maximum absolute atomic E-state index is 12.0. The topological polar surface area (TPSA) is 32.8 Å². The van der Waals surface area contributed by atoms with Crippen LogP contribution in [-0.4, -0.2) is 53.9 Å². The second-order valence-corrected chi connectivity index (χ2v) is 7.47. The van der Waals surface area contributed by atoms with E-state index in [1.54, 1.807) is 16.7 Å². The van der Waals surface area contributed by atoms with Crippen LogP contribution in [0.2, 0.25) is 0 Å². The number of nitrogens with zero attached hydrogens (tertiary/aromatic N) is 2. The zero-order valence-corrected chi connectivity index (χ0v) is 14.8. The monoisotopic (exact) mass is 322 g/mol. The molecule has 0 atom stereocenters. The van der Waals surface area contributed by atoms with Gasteiger partial charge in [-0.15, -0.1) is 11.8 Å². The fourth-order valence-electron chi connectivity index (χ4n) is 2.40. The lowest BCUT2D eigenvalue weighted by Gasteiger charge is -2.35. The summed E-state index contributed by atoms with van der Waals surface area (Å²) in [6.07, 6.45) is 1.89. The van der Waals surface area contributed by atoms with Crippen LogP contribution in [0, 0.1) is 0 Å². The highest BCUT2D eigenvalue weighted by atomic mass is 32.2. The Morgan fingerprint density at radius 2 is 1.73 bits per heavy atom. The smallest absolute Gasteiger partial charge is 0.410 e. The quantitative estimate of drug-likeness (QED) is 0.798. The molecule has 1 heterocycles. The minimum absolute atomic E-state index is 0.198. The first-order valence-corrected chi connectivity index (χ1v) is 8.93. The first kappa shape index (κ1) is 17.2. The van der Waals surface area contributed by atoms with Gasteiger partial charge in [0.05, 0.1) is 0 Å². The van der Waals surface area contributed by atoms with Crippen molar-refractivity contribution >= 4 is 17.9 Å². The molecule has 5 heteroatoms. The number of carbonyl (C=O) groups is 1. The second-order valence-electron chi connectivity index (χ2n) is 6.59. The summed E-state index contributed by atoms with van der Waals surface area (Å²) in [5, 5.41) is 0. The molecule has 1 aromatic carbocycles. The summed E-state index contributed by atoms with van der Waals surface area (Å²) in [5.41, 5.74) is 0.899. The van der Waals surface area contributed by atoms with E-state index in [9.17, 15) is 4.79 Å². The van der Waals surface area contributed by atoms with E-state index in [-0.39, 0.29) is 6.09 Å². The predicted octanol–water partition coefficient (Wildman–Crippen LogP) is 3.46. The molecule has 22 heavy (non-hydrogen) atoms. The van der Waals surface area contributed by atoms with Gasteiger partial charge in [0, 0.05) is 37.6 Å². The third-order valence-corrected chi connectivity index (χ3v) is 4.33. The van der Waals surface area contributed by atoms with Gasteiger partial charge in [0.15, 0.2) is 0 Å². The van der Waals surface area contributed by atoms with Gasteiger partial charge in [-0.2, -0.15) is 0 Å². The molecule has 0 bridgehead atoms. The van der Waals surface area contributed by atoms with Crippen molar-refractivity contribution < 1.29 is 9.53 Å². The fraction of sp³-hybridized carbons (Fsp3) is 0.588. The average Bonchev–Trinajstić information content (AvgIpc) is 2.47. The molecule has 2 rings (SSSR count). The molecule has 1 saturated heterocycles. The van der Waals surface area contributed by atoms with Crippen molar-refractivity contribution in [2.24, 2.45) is 0 Å². The number of hydrogen-bond donors (Lipinski definition) is 0. The maximum atomic E-state index is 12.0. The Morgan fingerprint density at radius 1 is 1.14 bits per heavy atom. The van der Waals surface area contributed by atoms with Crippen LogP contribution >= 0.6 is 11.8 Å². The summed E-state index contributed by atoms with van der Waals surface area (Å²) in [6, 6.07) is 8.70. The number of benzene rings is 1. The van der Waals surface area contributed by atoms with Crippen LogP contribution in [-0.2, 0) is 11.3 Å². The van der Waals surface area contributed by atoms with Gasteiger partial charge in [-0.3, -0.25) is 4.90 Å². The molecule has 0 unspecified atom stereocenters. The summed E-state index contributed by atoms with van der Waals surface area (Å²) >= 11 is 1.76. The van der Waals surface area contributed by atoms with Crippen LogP contribution < -0.4 is 0 Å². The van der Waals surface area contributed by atoms with E-state index in [4.69, 9.17) is 4.74 Å². The third kappa shape index (κ3) is 5.21. The lowest BCUT2D eigenvalue weighted by molar-refractivity contribution is 0.0139. The van der Waals surface area contributed by atoms with Gasteiger partial charge in [0.25, 0.3) is 0 Å². The Balaban J connectivity index is 1.80. The van der Waals surface area contributed by atoms with Crippen LogP contribution in [0.15, 0.2) is 29.2 Å². The number of carbonyl (C=O) groups excluding carboxylic acids is 1. The molecule has 1 aromatic rings. The summed E-state index contributed by atoms with van der Waals surface area (Å²) in [5.74, 6) is 0. The molecule has 0 N–H and O–H groups in total. The molecular formula is C17H26N2O2S. The van der Waals surface area contributed by atoms with Gasteiger partial charge < -0.3 is 9.64 Å². The Labute approximate surface area is 137 Å². The highest BCUT2D eigenvalue weighted by Crippen LogP contribution is 2.17.